The minimum absolute atomic E-state index is 0.163. The van der Waals surface area contributed by atoms with Crippen LogP contribution in [0.5, 0.6) is 0 Å². The fourth-order valence-electron chi connectivity index (χ4n) is 2.53. The average molecular weight is 352 g/mol. The summed E-state index contributed by atoms with van der Waals surface area (Å²) in [5, 5.41) is 9.57. The lowest BCUT2D eigenvalue weighted by Gasteiger charge is -2.07. The third-order valence-corrected chi connectivity index (χ3v) is 3.64. The van der Waals surface area contributed by atoms with Gasteiger partial charge in [0.2, 0.25) is 5.91 Å². The zero-order valence-corrected chi connectivity index (χ0v) is 14.3. The van der Waals surface area contributed by atoms with Crippen LogP contribution in [-0.4, -0.2) is 21.6 Å². The van der Waals surface area contributed by atoms with Crippen molar-refractivity contribution in [3.05, 3.63) is 71.8 Å². The van der Waals surface area contributed by atoms with Crippen LogP contribution >= 0.6 is 0 Å². The molecule has 132 valence electrons. The molecule has 3 aromatic rings. The topological polar surface area (TPSA) is 76.0 Å². The maximum absolute atomic E-state index is 14.0. The van der Waals surface area contributed by atoms with Gasteiger partial charge in [-0.1, -0.05) is 18.2 Å². The molecule has 0 saturated carbocycles. The zero-order valence-electron chi connectivity index (χ0n) is 14.3. The standard InChI is InChI=1S/C19H17FN4O2/c1-12-10-17(23-24(12)18-9-4-3-8-16(18)20)19(26)22-15-7-5-6-14(11-15)21-13(2)25/h3-11H,1-2H3,(H,21,25)(H,22,26). The monoisotopic (exact) mass is 352 g/mol. The molecule has 0 bridgehead atoms. The molecule has 26 heavy (non-hydrogen) atoms. The second-order valence-corrected chi connectivity index (χ2v) is 5.75. The molecule has 6 nitrogen and oxygen atoms in total. The van der Waals surface area contributed by atoms with Crippen molar-refractivity contribution in [1.29, 1.82) is 0 Å². The number of nitrogens with zero attached hydrogens (tertiary/aromatic N) is 2. The Bertz CT molecular complexity index is 981. The van der Waals surface area contributed by atoms with Gasteiger partial charge in [-0.3, -0.25) is 9.59 Å². The Morgan fingerprint density at radius 2 is 1.69 bits per heavy atom. The number of benzene rings is 2. The molecule has 0 spiro atoms. The van der Waals surface area contributed by atoms with Crippen molar-refractivity contribution in [3.8, 4) is 5.69 Å². The van der Waals surface area contributed by atoms with E-state index in [2.05, 4.69) is 15.7 Å². The maximum atomic E-state index is 14.0. The molecule has 0 radical (unpaired) electrons. The predicted octanol–water partition coefficient (Wildman–Crippen LogP) is 3.53. The van der Waals surface area contributed by atoms with E-state index in [-0.39, 0.29) is 17.3 Å². The molecule has 0 aliphatic carbocycles. The number of carbonyl (C=O) groups excluding carboxylic acids is 2. The summed E-state index contributed by atoms with van der Waals surface area (Å²) in [4.78, 5) is 23.6. The minimum Gasteiger partial charge on any atom is -0.326 e. The van der Waals surface area contributed by atoms with E-state index < -0.39 is 11.7 Å². The van der Waals surface area contributed by atoms with Gasteiger partial charge in [0.1, 0.15) is 11.5 Å². The predicted molar refractivity (Wildman–Crippen MR) is 97.0 cm³/mol. The molecule has 0 aliphatic rings. The minimum atomic E-state index is -0.428. The number of aromatic nitrogens is 2. The summed E-state index contributed by atoms with van der Waals surface area (Å²) in [6.45, 7) is 3.15. The highest BCUT2D eigenvalue weighted by molar-refractivity contribution is 6.03. The molecule has 3 rings (SSSR count). The van der Waals surface area contributed by atoms with E-state index in [9.17, 15) is 14.0 Å². The lowest BCUT2D eigenvalue weighted by atomic mass is 10.2. The molecule has 0 unspecified atom stereocenters. The van der Waals surface area contributed by atoms with Crippen LogP contribution in [0.4, 0.5) is 15.8 Å². The molecule has 2 aromatic carbocycles. The quantitative estimate of drug-likeness (QED) is 0.754. The highest BCUT2D eigenvalue weighted by Gasteiger charge is 2.15. The SMILES string of the molecule is CC(=O)Nc1cccc(NC(=O)c2cc(C)n(-c3ccccc3F)n2)c1. The van der Waals surface area contributed by atoms with Crippen LogP contribution in [0, 0.1) is 12.7 Å². The number of anilines is 2. The Balaban J connectivity index is 1.82. The average Bonchev–Trinajstić information content (AvgIpc) is 2.97. The van der Waals surface area contributed by atoms with Gasteiger partial charge in [0.15, 0.2) is 5.69 Å². The molecule has 0 atom stereocenters. The zero-order chi connectivity index (χ0) is 18.7. The van der Waals surface area contributed by atoms with Crippen LogP contribution in [0.15, 0.2) is 54.6 Å². The summed E-state index contributed by atoms with van der Waals surface area (Å²) in [6.07, 6.45) is 0. The molecule has 1 aromatic heterocycles. The van der Waals surface area contributed by atoms with Gasteiger partial charge in [0.25, 0.3) is 5.91 Å². The second-order valence-electron chi connectivity index (χ2n) is 5.75. The first kappa shape index (κ1) is 17.3. The lowest BCUT2D eigenvalue weighted by molar-refractivity contribution is -0.114. The Labute approximate surface area is 149 Å². The van der Waals surface area contributed by atoms with E-state index in [1.54, 1.807) is 55.5 Å². The van der Waals surface area contributed by atoms with Gasteiger partial charge in [-0.2, -0.15) is 5.10 Å². The normalized spacial score (nSPS) is 10.4. The van der Waals surface area contributed by atoms with Crippen molar-refractivity contribution < 1.29 is 14.0 Å². The van der Waals surface area contributed by atoms with Gasteiger partial charge in [-0.05, 0) is 43.3 Å². The largest absolute Gasteiger partial charge is 0.326 e. The van der Waals surface area contributed by atoms with Gasteiger partial charge < -0.3 is 10.6 Å². The van der Waals surface area contributed by atoms with Crippen LogP contribution in [0.25, 0.3) is 5.69 Å². The molecular formula is C19H17FN4O2. The first-order valence-corrected chi connectivity index (χ1v) is 7.94. The Kier molecular flexibility index (Phi) is 4.79. The van der Waals surface area contributed by atoms with E-state index in [0.29, 0.717) is 17.1 Å². The van der Waals surface area contributed by atoms with Crippen molar-refractivity contribution in [1.82, 2.24) is 9.78 Å². The molecule has 7 heteroatoms. The molecular weight excluding hydrogens is 335 g/mol. The van der Waals surface area contributed by atoms with Crippen LogP contribution in [0.3, 0.4) is 0 Å². The molecule has 2 N–H and O–H groups in total. The number of halogens is 1. The summed E-state index contributed by atoms with van der Waals surface area (Å²) in [6, 6.07) is 14.6. The third-order valence-electron chi connectivity index (χ3n) is 3.64. The Hall–Kier alpha value is -3.48. The third kappa shape index (κ3) is 3.77. The summed E-state index contributed by atoms with van der Waals surface area (Å²) < 4.78 is 15.4. The number of carbonyl (C=O) groups is 2. The number of para-hydroxylation sites is 1. The van der Waals surface area contributed by atoms with Gasteiger partial charge in [-0.25, -0.2) is 9.07 Å². The van der Waals surface area contributed by atoms with Crippen molar-refractivity contribution in [2.45, 2.75) is 13.8 Å². The van der Waals surface area contributed by atoms with Crippen LogP contribution in [-0.2, 0) is 4.79 Å². The highest BCUT2D eigenvalue weighted by atomic mass is 19.1. The van der Waals surface area contributed by atoms with E-state index in [1.165, 1.54) is 17.7 Å². The summed E-state index contributed by atoms with van der Waals surface area (Å²) in [5.74, 6) is -1.05. The van der Waals surface area contributed by atoms with Crippen LogP contribution in [0.1, 0.15) is 23.1 Å². The summed E-state index contributed by atoms with van der Waals surface area (Å²) in [7, 11) is 0. The number of rotatable bonds is 4. The highest BCUT2D eigenvalue weighted by Crippen LogP contribution is 2.18. The van der Waals surface area contributed by atoms with E-state index in [4.69, 9.17) is 0 Å². The number of aryl methyl sites for hydroxylation is 1. The van der Waals surface area contributed by atoms with E-state index in [1.807, 2.05) is 0 Å². The van der Waals surface area contributed by atoms with Crippen LogP contribution < -0.4 is 10.6 Å². The Morgan fingerprint density at radius 3 is 2.38 bits per heavy atom. The van der Waals surface area contributed by atoms with Gasteiger partial charge in [0.05, 0.1) is 0 Å². The van der Waals surface area contributed by atoms with E-state index >= 15 is 0 Å². The number of hydrogen-bond acceptors (Lipinski definition) is 3. The number of amides is 2. The van der Waals surface area contributed by atoms with Crippen molar-refractivity contribution in [2.24, 2.45) is 0 Å². The maximum Gasteiger partial charge on any atom is 0.276 e. The number of nitrogens with one attached hydrogen (secondary N) is 2. The first-order chi connectivity index (χ1) is 12.4. The van der Waals surface area contributed by atoms with Crippen molar-refractivity contribution in [3.63, 3.8) is 0 Å². The first-order valence-electron chi connectivity index (χ1n) is 7.94. The number of hydrogen-bond donors (Lipinski definition) is 2. The molecule has 1 heterocycles. The van der Waals surface area contributed by atoms with Crippen molar-refractivity contribution >= 4 is 23.2 Å². The van der Waals surface area contributed by atoms with Crippen LogP contribution in [0.2, 0.25) is 0 Å². The van der Waals surface area contributed by atoms with Gasteiger partial charge >= 0.3 is 0 Å². The van der Waals surface area contributed by atoms with Gasteiger partial charge in [-0.15, -0.1) is 0 Å². The lowest BCUT2D eigenvalue weighted by Crippen LogP contribution is -2.14. The second kappa shape index (κ2) is 7.18. The molecule has 2 amide bonds. The molecule has 0 fully saturated rings. The molecule has 0 saturated heterocycles. The summed E-state index contributed by atoms with van der Waals surface area (Å²) in [5.41, 5.74) is 2.15. The van der Waals surface area contributed by atoms with Crippen molar-refractivity contribution in [2.75, 3.05) is 10.6 Å². The molecule has 0 aliphatic heterocycles. The summed E-state index contributed by atoms with van der Waals surface area (Å²) >= 11 is 0. The fraction of sp³-hybridized carbons (Fsp3) is 0.105. The van der Waals surface area contributed by atoms with Gasteiger partial charge in [0, 0.05) is 24.0 Å². The fourth-order valence-corrected chi connectivity index (χ4v) is 2.53. The smallest absolute Gasteiger partial charge is 0.276 e. The Morgan fingerprint density at radius 1 is 1.00 bits per heavy atom. The van der Waals surface area contributed by atoms with E-state index in [0.717, 1.165) is 0 Å².